The van der Waals surface area contributed by atoms with E-state index in [0.717, 1.165) is 82.0 Å². The summed E-state index contributed by atoms with van der Waals surface area (Å²) < 4.78 is 11.0. The van der Waals surface area contributed by atoms with E-state index in [2.05, 4.69) is 20.9 Å². The van der Waals surface area contributed by atoms with Gasteiger partial charge in [0, 0.05) is 73.4 Å². The highest BCUT2D eigenvalue weighted by Gasteiger charge is 2.55. The Balaban J connectivity index is 1.38. The molecular weight excluding hydrogens is 406 g/mol. The standard InChI is InChI=1S/C25H33N3O4/c1-31-18-4-5-19-20(10-18)26-23-21(12-29)27(11-16-6-8-32-9-7-16)13-25(22(19)23)14-28(15-25)24(30)17-2-3-17/h4-5,10,16-17,21,26,29H,2-3,6-9,11-15H2,1H3/t21-/m1/s1. The minimum absolute atomic E-state index is 0.0509. The molecule has 2 aromatic rings. The second-order valence-corrected chi connectivity index (χ2v) is 10.3. The Morgan fingerprint density at radius 1 is 1.22 bits per heavy atom. The number of hydrogen-bond acceptors (Lipinski definition) is 5. The normalized spacial score (nSPS) is 25.7. The number of aromatic amines is 1. The topological polar surface area (TPSA) is 78.0 Å². The van der Waals surface area contributed by atoms with Crippen LogP contribution in [0.4, 0.5) is 0 Å². The average molecular weight is 440 g/mol. The van der Waals surface area contributed by atoms with Gasteiger partial charge in [0.15, 0.2) is 0 Å². The van der Waals surface area contributed by atoms with Gasteiger partial charge >= 0.3 is 0 Å². The van der Waals surface area contributed by atoms with E-state index in [1.54, 1.807) is 7.11 Å². The smallest absolute Gasteiger partial charge is 0.225 e. The zero-order chi connectivity index (χ0) is 21.9. The molecule has 2 N–H and O–H groups in total. The third-order valence-corrected chi connectivity index (χ3v) is 8.08. The summed E-state index contributed by atoms with van der Waals surface area (Å²) in [7, 11) is 1.69. The molecule has 0 bridgehead atoms. The summed E-state index contributed by atoms with van der Waals surface area (Å²) in [4.78, 5) is 21.0. The van der Waals surface area contributed by atoms with Crippen LogP contribution in [0.5, 0.6) is 5.75 Å². The van der Waals surface area contributed by atoms with Crippen LogP contribution in [0.2, 0.25) is 0 Å². The van der Waals surface area contributed by atoms with Crippen molar-refractivity contribution in [2.45, 2.75) is 37.1 Å². The second kappa shape index (κ2) is 7.75. The summed E-state index contributed by atoms with van der Waals surface area (Å²) in [5.41, 5.74) is 3.39. The molecule has 1 aliphatic carbocycles. The van der Waals surface area contributed by atoms with Gasteiger partial charge in [0.1, 0.15) is 5.75 Å². The van der Waals surface area contributed by atoms with Crippen molar-refractivity contribution in [2.75, 3.05) is 53.1 Å². The number of likely N-dealkylation sites (tertiary alicyclic amines) is 1. The average Bonchev–Trinajstić information content (AvgIpc) is 3.57. The number of ether oxygens (including phenoxy) is 2. The largest absolute Gasteiger partial charge is 0.497 e. The first-order valence-electron chi connectivity index (χ1n) is 12.0. The van der Waals surface area contributed by atoms with Gasteiger partial charge in [-0.3, -0.25) is 9.69 Å². The molecule has 0 radical (unpaired) electrons. The third-order valence-electron chi connectivity index (χ3n) is 8.08. The number of nitrogens with zero attached hydrogens (tertiary/aromatic N) is 2. The molecule has 4 heterocycles. The minimum Gasteiger partial charge on any atom is -0.497 e. The molecule has 1 aromatic heterocycles. The molecule has 2 saturated heterocycles. The maximum Gasteiger partial charge on any atom is 0.225 e. The van der Waals surface area contributed by atoms with E-state index in [9.17, 15) is 9.90 Å². The zero-order valence-electron chi connectivity index (χ0n) is 18.8. The number of aromatic nitrogens is 1. The van der Waals surface area contributed by atoms with E-state index >= 15 is 0 Å². The van der Waals surface area contributed by atoms with Gasteiger partial charge in [0.05, 0.1) is 19.8 Å². The molecule has 0 unspecified atom stereocenters. The van der Waals surface area contributed by atoms with E-state index in [0.29, 0.717) is 11.8 Å². The number of aliphatic hydroxyl groups excluding tert-OH is 1. The maximum absolute atomic E-state index is 12.8. The predicted molar refractivity (Wildman–Crippen MR) is 121 cm³/mol. The number of carbonyl (C=O) groups excluding carboxylic acids is 1. The molecule has 32 heavy (non-hydrogen) atoms. The lowest BCUT2D eigenvalue weighted by atomic mass is 9.68. The van der Waals surface area contributed by atoms with Crippen molar-refractivity contribution in [3.63, 3.8) is 0 Å². The Morgan fingerprint density at radius 2 is 2.00 bits per heavy atom. The molecule has 3 fully saturated rings. The van der Waals surface area contributed by atoms with Crippen molar-refractivity contribution < 1.29 is 19.4 Å². The number of hydrogen-bond donors (Lipinski definition) is 2. The van der Waals surface area contributed by atoms with Crippen molar-refractivity contribution in [1.29, 1.82) is 0 Å². The van der Waals surface area contributed by atoms with Crippen LogP contribution in [0.15, 0.2) is 18.2 Å². The number of rotatable bonds is 5. The van der Waals surface area contributed by atoms with Crippen LogP contribution in [-0.2, 0) is 14.9 Å². The summed E-state index contributed by atoms with van der Waals surface area (Å²) in [5.74, 6) is 2.00. The second-order valence-electron chi connectivity index (χ2n) is 10.3. The molecular formula is C25H33N3O4. The van der Waals surface area contributed by atoms with Crippen molar-refractivity contribution in [3.8, 4) is 5.75 Å². The summed E-state index contributed by atoms with van der Waals surface area (Å²) in [6.45, 7) is 5.14. The van der Waals surface area contributed by atoms with Crippen LogP contribution in [0.3, 0.4) is 0 Å². The van der Waals surface area contributed by atoms with Crippen molar-refractivity contribution in [3.05, 3.63) is 29.5 Å². The minimum atomic E-state index is -0.0798. The van der Waals surface area contributed by atoms with Crippen LogP contribution in [-0.4, -0.2) is 78.9 Å². The molecule has 1 spiro atoms. The van der Waals surface area contributed by atoms with E-state index < -0.39 is 0 Å². The molecule has 1 atom stereocenters. The fraction of sp³-hybridized carbons (Fsp3) is 0.640. The molecule has 7 heteroatoms. The van der Waals surface area contributed by atoms with E-state index in [1.807, 2.05) is 12.1 Å². The van der Waals surface area contributed by atoms with Crippen LogP contribution in [0.25, 0.3) is 10.9 Å². The Bertz CT molecular complexity index is 1020. The first-order chi connectivity index (χ1) is 15.6. The molecule has 4 aliphatic rings. The highest BCUT2D eigenvalue weighted by Crippen LogP contribution is 2.50. The Kier molecular flexibility index (Phi) is 4.97. The van der Waals surface area contributed by atoms with Crippen LogP contribution in [0.1, 0.15) is 43.0 Å². The lowest BCUT2D eigenvalue weighted by molar-refractivity contribution is -0.142. The number of methoxy groups -OCH3 is 1. The molecule has 1 saturated carbocycles. The molecule has 3 aliphatic heterocycles. The molecule has 1 aromatic carbocycles. The number of benzene rings is 1. The van der Waals surface area contributed by atoms with Crippen molar-refractivity contribution >= 4 is 16.8 Å². The number of H-pyrrole nitrogens is 1. The third kappa shape index (κ3) is 3.25. The SMILES string of the molecule is COc1ccc2c3c([nH]c2c1)[C@@H](CO)N(CC1CCOCC1)CC31CN(C(=O)C2CC2)C1. The van der Waals surface area contributed by atoms with Crippen LogP contribution < -0.4 is 4.74 Å². The van der Waals surface area contributed by atoms with Gasteiger partial charge in [-0.15, -0.1) is 0 Å². The maximum atomic E-state index is 12.8. The van der Waals surface area contributed by atoms with Gasteiger partial charge in [0.2, 0.25) is 5.91 Å². The fourth-order valence-corrected chi connectivity index (χ4v) is 6.25. The summed E-state index contributed by atoms with van der Waals surface area (Å²) in [6.07, 6.45) is 4.24. The highest BCUT2D eigenvalue weighted by atomic mass is 16.5. The first-order valence-corrected chi connectivity index (χ1v) is 12.0. The molecule has 172 valence electrons. The van der Waals surface area contributed by atoms with Crippen LogP contribution in [0, 0.1) is 11.8 Å². The predicted octanol–water partition coefficient (Wildman–Crippen LogP) is 2.44. The lowest BCUT2D eigenvalue weighted by Gasteiger charge is -2.56. The molecule has 6 rings (SSSR count). The summed E-state index contributed by atoms with van der Waals surface area (Å²) >= 11 is 0. The zero-order valence-corrected chi connectivity index (χ0v) is 18.8. The van der Waals surface area contributed by atoms with Gasteiger partial charge in [-0.2, -0.15) is 0 Å². The first kappa shape index (κ1) is 20.5. The Labute approximate surface area is 188 Å². The Morgan fingerprint density at radius 3 is 2.69 bits per heavy atom. The van der Waals surface area contributed by atoms with E-state index in [1.165, 1.54) is 10.9 Å². The number of carbonyl (C=O) groups is 1. The highest BCUT2D eigenvalue weighted by molar-refractivity contribution is 5.89. The van der Waals surface area contributed by atoms with Gasteiger partial charge in [-0.1, -0.05) is 0 Å². The van der Waals surface area contributed by atoms with Crippen LogP contribution >= 0.6 is 0 Å². The quantitative estimate of drug-likeness (QED) is 0.748. The summed E-state index contributed by atoms with van der Waals surface area (Å²) in [5, 5.41) is 11.7. The van der Waals surface area contributed by atoms with E-state index in [4.69, 9.17) is 9.47 Å². The summed E-state index contributed by atoms with van der Waals surface area (Å²) in [6, 6.07) is 6.15. The Hall–Kier alpha value is -2.09. The fourth-order valence-electron chi connectivity index (χ4n) is 6.25. The number of amides is 1. The van der Waals surface area contributed by atoms with Gasteiger partial charge < -0.3 is 24.5 Å². The molecule has 7 nitrogen and oxygen atoms in total. The lowest BCUT2D eigenvalue weighted by Crippen LogP contribution is -2.68. The van der Waals surface area contributed by atoms with Crippen molar-refractivity contribution in [2.24, 2.45) is 11.8 Å². The number of aliphatic hydroxyl groups is 1. The van der Waals surface area contributed by atoms with Gasteiger partial charge in [0.25, 0.3) is 0 Å². The monoisotopic (exact) mass is 439 g/mol. The number of nitrogens with one attached hydrogen (secondary N) is 1. The van der Waals surface area contributed by atoms with Crippen molar-refractivity contribution in [1.82, 2.24) is 14.8 Å². The van der Waals surface area contributed by atoms with E-state index in [-0.39, 0.29) is 24.0 Å². The molecule has 1 amide bonds. The van der Waals surface area contributed by atoms with Gasteiger partial charge in [-0.25, -0.2) is 0 Å². The number of fused-ring (bicyclic) bond motifs is 4. The van der Waals surface area contributed by atoms with Gasteiger partial charge in [-0.05, 0) is 49.3 Å².